The molecule has 8 aliphatic rings. The molecule has 0 N–H and O–H groups in total. The molecule has 142 valence electrons. The zero-order chi connectivity index (χ0) is 18.9. The van der Waals surface area contributed by atoms with Gasteiger partial charge in [-0.15, -0.1) is 0 Å². The first-order valence-corrected chi connectivity index (χ1v) is 10.2. The Morgan fingerprint density at radius 1 is 0.500 bits per heavy atom. The topological polar surface area (TPSA) is 86.7 Å². The number of cyclic esters (lactones) is 4. The summed E-state index contributed by atoms with van der Waals surface area (Å²) in [5.41, 5.74) is 4.63. The van der Waals surface area contributed by atoms with Gasteiger partial charge in [-0.1, -0.05) is 12.1 Å². The van der Waals surface area contributed by atoms with E-state index in [-0.39, 0.29) is 71.2 Å². The Hall–Kier alpha value is -2.50. The molecule has 4 fully saturated rings. The SMILES string of the molecule is O=C1OC(=O)C2C3CCC(c4cc5c(cc43)C3CCC5C4C(=O)OC(=O)C34)C12. The van der Waals surface area contributed by atoms with Gasteiger partial charge in [-0.2, -0.15) is 0 Å². The van der Waals surface area contributed by atoms with E-state index in [9.17, 15) is 19.2 Å². The molecule has 8 unspecified atom stereocenters. The zero-order valence-corrected chi connectivity index (χ0v) is 15.1. The summed E-state index contributed by atoms with van der Waals surface area (Å²) in [6.45, 7) is 0. The standard InChI is InChI=1S/C22H18O6/c23-19-15-7-1-2-8(16(15)20(24)27-19)12-6-14-10-4-3-9(13(14)5-11(7)12)17-18(10)22(26)28-21(17)25/h5-10,15-18H,1-4H2. The second kappa shape index (κ2) is 4.73. The van der Waals surface area contributed by atoms with Crippen LogP contribution in [0.25, 0.3) is 0 Å². The average Bonchev–Trinajstić information content (AvgIpc) is 3.19. The van der Waals surface area contributed by atoms with Gasteiger partial charge in [0.15, 0.2) is 0 Å². The molecule has 2 saturated heterocycles. The first-order valence-electron chi connectivity index (χ1n) is 10.2. The second-order valence-corrected chi connectivity index (χ2v) is 9.27. The maximum absolute atomic E-state index is 12.3. The molecule has 0 radical (unpaired) electrons. The van der Waals surface area contributed by atoms with E-state index in [0.717, 1.165) is 47.9 Å². The van der Waals surface area contributed by atoms with Crippen LogP contribution in [0.5, 0.6) is 0 Å². The molecule has 2 saturated carbocycles. The number of hydrogen-bond acceptors (Lipinski definition) is 6. The molecule has 6 nitrogen and oxygen atoms in total. The third-order valence-electron chi connectivity index (χ3n) is 8.46. The maximum Gasteiger partial charge on any atom is 0.318 e. The van der Waals surface area contributed by atoms with Crippen molar-refractivity contribution in [1.82, 2.24) is 0 Å². The summed E-state index contributed by atoms with van der Waals surface area (Å²) in [5, 5.41) is 0. The van der Waals surface area contributed by atoms with Crippen molar-refractivity contribution in [2.24, 2.45) is 23.7 Å². The normalized spacial score (nSPS) is 44.0. The Morgan fingerprint density at radius 2 is 0.750 bits per heavy atom. The van der Waals surface area contributed by atoms with Gasteiger partial charge in [0, 0.05) is 0 Å². The van der Waals surface area contributed by atoms with Crippen LogP contribution in [0.4, 0.5) is 0 Å². The molecule has 0 spiro atoms. The van der Waals surface area contributed by atoms with E-state index in [4.69, 9.17) is 9.47 Å². The van der Waals surface area contributed by atoms with E-state index in [2.05, 4.69) is 12.1 Å². The molecule has 6 aliphatic carbocycles. The first kappa shape index (κ1) is 15.4. The fourth-order valence-corrected chi connectivity index (χ4v) is 7.50. The van der Waals surface area contributed by atoms with Crippen molar-refractivity contribution < 1.29 is 28.7 Å². The molecular weight excluding hydrogens is 360 g/mol. The number of esters is 4. The highest BCUT2D eigenvalue weighted by molar-refractivity contribution is 5.99. The van der Waals surface area contributed by atoms with Gasteiger partial charge in [-0.05, 0) is 71.6 Å². The number of carbonyl (C=O) groups is 4. The minimum Gasteiger partial charge on any atom is -0.393 e. The van der Waals surface area contributed by atoms with Crippen LogP contribution in [-0.4, -0.2) is 23.9 Å². The van der Waals surface area contributed by atoms with Crippen LogP contribution in [0.3, 0.4) is 0 Å². The second-order valence-electron chi connectivity index (χ2n) is 9.27. The van der Waals surface area contributed by atoms with Crippen LogP contribution < -0.4 is 0 Å². The predicted molar refractivity (Wildman–Crippen MR) is 92.0 cm³/mol. The van der Waals surface area contributed by atoms with E-state index in [1.165, 1.54) is 0 Å². The summed E-state index contributed by atoms with van der Waals surface area (Å²) >= 11 is 0. The molecule has 8 atom stereocenters. The van der Waals surface area contributed by atoms with Crippen LogP contribution >= 0.6 is 0 Å². The van der Waals surface area contributed by atoms with Crippen LogP contribution in [-0.2, 0) is 28.7 Å². The Kier molecular flexibility index (Phi) is 2.60. The van der Waals surface area contributed by atoms with Gasteiger partial charge in [-0.3, -0.25) is 19.2 Å². The number of rotatable bonds is 0. The lowest BCUT2D eigenvalue weighted by molar-refractivity contribution is -0.155. The molecule has 0 amide bonds. The molecule has 2 aliphatic heterocycles. The molecule has 2 heterocycles. The van der Waals surface area contributed by atoms with Crippen molar-refractivity contribution in [2.75, 3.05) is 0 Å². The highest BCUT2D eigenvalue weighted by atomic mass is 16.6. The summed E-state index contributed by atoms with van der Waals surface area (Å²) in [6.07, 6.45) is 3.56. The summed E-state index contributed by atoms with van der Waals surface area (Å²) in [6, 6.07) is 4.38. The largest absolute Gasteiger partial charge is 0.393 e. The van der Waals surface area contributed by atoms with Gasteiger partial charge in [0.1, 0.15) is 0 Å². The summed E-state index contributed by atoms with van der Waals surface area (Å²) < 4.78 is 10.0. The zero-order valence-electron chi connectivity index (χ0n) is 15.1. The third-order valence-corrected chi connectivity index (χ3v) is 8.46. The van der Waals surface area contributed by atoms with Gasteiger partial charge in [0.2, 0.25) is 0 Å². The van der Waals surface area contributed by atoms with Crippen molar-refractivity contribution in [2.45, 2.75) is 49.4 Å². The Morgan fingerprint density at radius 3 is 1.00 bits per heavy atom. The fourth-order valence-electron chi connectivity index (χ4n) is 7.50. The van der Waals surface area contributed by atoms with Gasteiger partial charge in [0.05, 0.1) is 23.7 Å². The van der Waals surface area contributed by atoms with Crippen molar-refractivity contribution in [3.8, 4) is 0 Å². The van der Waals surface area contributed by atoms with Gasteiger partial charge in [0.25, 0.3) is 0 Å². The molecule has 1 aromatic carbocycles. The average molecular weight is 378 g/mol. The quantitative estimate of drug-likeness (QED) is 0.508. The molecule has 4 bridgehead atoms. The van der Waals surface area contributed by atoms with Crippen molar-refractivity contribution in [3.05, 3.63) is 34.4 Å². The number of carbonyl (C=O) groups excluding carboxylic acids is 4. The monoisotopic (exact) mass is 378 g/mol. The van der Waals surface area contributed by atoms with Crippen LogP contribution in [0.15, 0.2) is 12.1 Å². The lowest BCUT2D eigenvalue weighted by Gasteiger charge is -2.48. The van der Waals surface area contributed by atoms with Crippen LogP contribution in [0.1, 0.15) is 71.6 Å². The summed E-state index contributed by atoms with van der Waals surface area (Å²) in [4.78, 5) is 49.3. The van der Waals surface area contributed by atoms with Crippen LogP contribution in [0, 0.1) is 23.7 Å². The third kappa shape index (κ3) is 1.55. The van der Waals surface area contributed by atoms with Crippen molar-refractivity contribution in [1.29, 1.82) is 0 Å². The number of ether oxygens (including phenoxy) is 2. The highest BCUT2D eigenvalue weighted by Crippen LogP contribution is 2.63. The van der Waals surface area contributed by atoms with Crippen LogP contribution in [0.2, 0.25) is 0 Å². The van der Waals surface area contributed by atoms with Gasteiger partial charge >= 0.3 is 23.9 Å². The fraction of sp³-hybridized carbons (Fsp3) is 0.545. The number of fused-ring (bicyclic) bond motifs is 2. The van der Waals surface area contributed by atoms with Crippen molar-refractivity contribution >= 4 is 23.9 Å². The molecule has 28 heavy (non-hydrogen) atoms. The molecule has 1 aromatic rings. The Balaban J connectivity index is 1.43. The minimum atomic E-state index is -0.375. The van der Waals surface area contributed by atoms with E-state index in [0.29, 0.717) is 0 Å². The maximum atomic E-state index is 12.3. The molecule has 0 aromatic heterocycles. The van der Waals surface area contributed by atoms with Gasteiger partial charge in [-0.25, -0.2) is 0 Å². The smallest absolute Gasteiger partial charge is 0.318 e. The van der Waals surface area contributed by atoms with Gasteiger partial charge < -0.3 is 9.47 Å². The number of benzene rings is 1. The predicted octanol–water partition coefficient (Wildman–Crippen LogP) is 2.27. The van der Waals surface area contributed by atoms with E-state index >= 15 is 0 Å². The summed E-state index contributed by atoms with van der Waals surface area (Å²) in [7, 11) is 0. The lowest BCUT2D eigenvalue weighted by atomic mass is 9.53. The molecular formula is C22H18O6. The first-order chi connectivity index (χ1) is 13.5. The van der Waals surface area contributed by atoms with Crippen molar-refractivity contribution in [3.63, 3.8) is 0 Å². The highest BCUT2D eigenvalue weighted by Gasteiger charge is 2.61. The van der Waals surface area contributed by atoms with E-state index in [1.807, 2.05) is 0 Å². The van der Waals surface area contributed by atoms with E-state index < -0.39 is 0 Å². The molecule has 6 heteroatoms. The molecule has 9 rings (SSSR count). The Labute approximate surface area is 160 Å². The van der Waals surface area contributed by atoms with E-state index in [1.54, 1.807) is 0 Å². The lowest BCUT2D eigenvalue weighted by Crippen LogP contribution is -2.43. The number of hydrogen-bond donors (Lipinski definition) is 0. The minimum absolute atomic E-state index is 0.0164. The Bertz CT molecular complexity index is 868. The summed E-state index contributed by atoms with van der Waals surface area (Å²) in [5.74, 6) is -2.87.